The van der Waals surface area contributed by atoms with Gasteiger partial charge in [-0.2, -0.15) is 26.6 Å². The standard InChI is InChI=1S/C6H12.C5H5N.4C5H12.3C4H4N2.C4H4S.10C4H10.C3H3N3/c2*1-2-4-6-5-3-1;4*1-5(2,3)4;1-2-6-4-3-5-1;1-2-5-4-6-3-1;1-2-4-6-5-3-1;1-2-4-5-3-1;10*1-4(2)3;1-2-5-6-3-4-1/h1-6H2;1-5H;4*1-4H3;3*1-4H;1-4H;10*4H,1-3H3;1-3H. The second-order valence-electron chi connectivity index (χ2n) is 36.8. The fourth-order valence-corrected chi connectivity index (χ4v) is 3.02. The number of hydrogen-bond donors (Lipinski definition) is 0. The van der Waals surface area contributed by atoms with Gasteiger partial charge in [0.15, 0.2) is 0 Å². The molecule has 101 heavy (non-hydrogen) atoms. The number of hydrogen-bond acceptors (Lipinski definition) is 11. The molecule has 0 atom stereocenters. The molecule has 1 saturated carbocycles. The quantitative estimate of drug-likeness (QED) is 0.145. The van der Waals surface area contributed by atoms with Crippen LogP contribution in [0.25, 0.3) is 0 Å². The summed E-state index contributed by atoms with van der Waals surface area (Å²) >= 11 is 1.71. The van der Waals surface area contributed by atoms with Crippen molar-refractivity contribution in [3.8, 4) is 0 Å². The number of nitrogens with zero attached hydrogens (tertiary/aromatic N) is 10. The van der Waals surface area contributed by atoms with E-state index >= 15 is 0 Å². The predicted octanol–water partition coefficient (Wildman–Crippen LogP) is 31.3. The van der Waals surface area contributed by atoms with Crippen LogP contribution in [0.3, 0.4) is 0 Å². The summed E-state index contributed by atoms with van der Waals surface area (Å²) in [7, 11) is 0. The molecule has 0 aromatic carbocycles. The average Bonchev–Trinajstić information content (AvgIpc) is 4.33. The fraction of sp³-hybridized carbons (Fsp3) is 0.733. The Morgan fingerprint density at radius 1 is 0.188 bits per heavy atom. The lowest BCUT2D eigenvalue weighted by atomic mass is 10.0. The molecule has 1 aliphatic carbocycles. The van der Waals surface area contributed by atoms with E-state index < -0.39 is 0 Å². The van der Waals surface area contributed by atoms with E-state index in [9.17, 15) is 0 Å². The zero-order chi connectivity index (χ0) is 82.8. The van der Waals surface area contributed by atoms with Gasteiger partial charge in [-0.25, -0.2) is 15.0 Å². The highest BCUT2D eigenvalue weighted by atomic mass is 32.1. The molecule has 1 fully saturated rings. The molecule has 0 aliphatic heterocycles. The predicted molar refractivity (Wildman–Crippen MR) is 468 cm³/mol. The Morgan fingerprint density at radius 2 is 0.356 bits per heavy atom. The average molecular weight is 1440 g/mol. The number of thiophene rings is 1. The summed E-state index contributed by atoms with van der Waals surface area (Å²) in [4.78, 5) is 22.2. The molecule has 10 nitrogen and oxygen atoms in total. The van der Waals surface area contributed by atoms with Crippen molar-refractivity contribution in [2.24, 2.45) is 80.8 Å². The monoisotopic (exact) mass is 1440 g/mol. The Bertz CT molecular complexity index is 1490. The van der Waals surface area contributed by atoms with Crippen molar-refractivity contribution in [2.75, 3.05) is 0 Å². The maximum atomic E-state index is 3.78. The Balaban J connectivity index is -0.0000000658. The molecule has 0 radical (unpaired) electrons. The third-order valence-electron chi connectivity index (χ3n) is 4.33. The molecule has 11 heteroatoms. The number of aromatic nitrogens is 10. The highest BCUT2D eigenvalue weighted by molar-refractivity contribution is 7.07. The normalized spacial score (nSPS) is 10.1. The van der Waals surface area contributed by atoms with Crippen LogP contribution in [0.2, 0.25) is 0 Å². The first-order valence-electron chi connectivity index (χ1n) is 38.3. The first-order valence-corrected chi connectivity index (χ1v) is 39.3. The zero-order valence-electron chi connectivity index (χ0n) is 76.8. The third-order valence-corrected chi connectivity index (χ3v) is 4.96. The van der Waals surface area contributed by atoms with Gasteiger partial charge >= 0.3 is 0 Å². The van der Waals surface area contributed by atoms with Gasteiger partial charge in [-0.05, 0) is 122 Å². The molecular weight excluding hydrogens is 1250 g/mol. The molecular formula is C90H184N10S. The van der Waals surface area contributed by atoms with Crippen molar-refractivity contribution in [2.45, 2.75) is 357 Å². The van der Waals surface area contributed by atoms with E-state index in [1.165, 1.54) is 57.4 Å². The van der Waals surface area contributed by atoms with Crippen LogP contribution in [-0.4, -0.2) is 50.3 Å². The van der Waals surface area contributed by atoms with E-state index in [1.807, 2.05) is 53.2 Å². The maximum Gasteiger partial charge on any atom is 0.138 e. The first kappa shape index (κ1) is 129. The Morgan fingerprint density at radius 3 is 0.426 bits per heavy atom. The summed E-state index contributed by atoms with van der Waals surface area (Å²) in [6.45, 7) is 100. The van der Waals surface area contributed by atoms with E-state index in [2.05, 4.69) is 369 Å². The summed E-state index contributed by atoms with van der Waals surface area (Å²) in [6, 6.07) is 15.2. The van der Waals surface area contributed by atoms with E-state index in [1.54, 1.807) is 85.6 Å². The smallest absolute Gasteiger partial charge is 0.138 e. The second kappa shape index (κ2) is 104. The molecule has 0 bridgehead atoms. The zero-order valence-corrected chi connectivity index (χ0v) is 77.6. The summed E-state index contributed by atoms with van der Waals surface area (Å²) in [5.74, 6) is 8.33. The van der Waals surface area contributed by atoms with Crippen molar-refractivity contribution >= 4 is 11.3 Å². The van der Waals surface area contributed by atoms with Gasteiger partial charge in [0.1, 0.15) is 12.7 Å². The van der Waals surface area contributed by atoms with Crippen LogP contribution in [0.1, 0.15) is 357 Å². The summed E-state index contributed by atoms with van der Waals surface area (Å²) in [6.07, 6.45) is 31.7. The van der Waals surface area contributed by atoms with E-state index in [4.69, 9.17) is 0 Å². The molecule has 600 valence electrons. The van der Waals surface area contributed by atoms with Crippen molar-refractivity contribution < 1.29 is 0 Å². The van der Waals surface area contributed by atoms with Crippen LogP contribution < -0.4 is 0 Å². The van der Waals surface area contributed by atoms with Crippen LogP contribution in [0.15, 0.2) is 146 Å². The molecule has 6 aromatic heterocycles. The lowest BCUT2D eigenvalue weighted by molar-refractivity contribution is 0.469. The van der Waals surface area contributed by atoms with Crippen molar-refractivity contribution in [3.63, 3.8) is 0 Å². The van der Waals surface area contributed by atoms with Gasteiger partial charge in [0.05, 0.1) is 6.20 Å². The van der Waals surface area contributed by atoms with E-state index in [0.717, 1.165) is 59.2 Å². The van der Waals surface area contributed by atoms with Crippen LogP contribution in [0, 0.1) is 80.8 Å². The molecule has 0 unspecified atom stereocenters. The maximum absolute atomic E-state index is 3.78. The minimum atomic E-state index is 0.500. The van der Waals surface area contributed by atoms with Crippen LogP contribution in [0.5, 0.6) is 0 Å². The molecule has 0 amide bonds. The Labute approximate surface area is 642 Å². The fourth-order valence-electron chi connectivity index (χ4n) is 2.57. The Kier molecular flexibility index (Phi) is 132. The van der Waals surface area contributed by atoms with Gasteiger partial charge in [-0.3, -0.25) is 15.0 Å². The van der Waals surface area contributed by atoms with Crippen LogP contribution in [-0.2, 0) is 0 Å². The lowest BCUT2D eigenvalue weighted by Crippen LogP contribution is -1.93. The van der Waals surface area contributed by atoms with Crippen LogP contribution in [0.4, 0.5) is 0 Å². The van der Waals surface area contributed by atoms with Crippen molar-refractivity contribution in [1.29, 1.82) is 0 Å². The summed E-state index contributed by atoms with van der Waals surface area (Å²) < 4.78 is 0. The van der Waals surface area contributed by atoms with Crippen molar-refractivity contribution in [3.05, 3.63) is 146 Å². The Hall–Kier alpha value is -4.90. The second-order valence-corrected chi connectivity index (χ2v) is 37.6. The number of pyridine rings is 1. The SMILES string of the molecule is C1CCCCC1.CC(C)(C)C.CC(C)(C)C.CC(C)(C)C.CC(C)(C)C.CC(C)C.CC(C)C.CC(C)C.CC(C)C.CC(C)C.CC(C)C.CC(C)C.CC(C)C.CC(C)C.CC(C)C.c1ccncc1.c1ccnnc1.c1ccsc1.c1cnccn1.c1cncnc1.c1cnncn1. The minimum Gasteiger partial charge on any atom is -0.265 e. The molecule has 6 heterocycles. The highest BCUT2D eigenvalue weighted by Gasteiger charge is 1.98. The van der Waals surface area contributed by atoms with Gasteiger partial charge < -0.3 is 0 Å². The molecule has 0 N–H and O–H groups in total. The van der Waals surface area contributed by atoms with Gasteiger partial charge in [0.2, 0.25) is 0 Å². The van der Waals surface area contributed by atoms with Crippen molar-refractivity contribution in [1.82, 2.24) is 50.3 Å². The topological polar surface area (TPSA) is 129 Å². The van der Waals surface area contributed by atoms with E-state index in [-0.39, 0.29) is 0 Å². The van der Waals surface area contributed by atoms with Gasteiger partial charge in [0.25, 0.3) is 0 Å². The largest absolute Gasteiger partial charge is 0.265 e. The molecule has 7 rings (SSSR count). The van der Waals surface area contributed by atoms with Gasteiger partial charge in [0, 0.05) is 68.2 Å². The first-order chi connectivity index (χ1) is 45.8. The summed E-state index contributed by atoms with van der Waals surface area (Å²) in [5.41, 5.74) is 2.00. The summed E-state index contributed by atoms with van der Waals surface area (Å²) in [5, 5.41) is 18.0. The van der Waals surface area contributed by atoms with Crippen LogP contribution >= 0.6 is 11.3 Å². The third kappa shape index (κ3) is 633. The molecule has 1 aliphatic rings. The minimum absolute atomic E-state index is 0.500. The van der Waals surface area contributed by atoms with Gasteiger partial charge in [-0.1, -0.05) is 375 Å². The number of rotatable bonds is 0. The molecule has 0 spiro atoms. The van der Waals surface area contributed by atoms with Gasteiger partial charge in [-0.15, -0.1) is 5.10 Å². The highest BCUT2D eigenvalue weighted by Crippen LogP contribution is 2.15. The van der Waals surface area contributed by atoms with E-state index in [0.29, 0.717) is 21.7 Å². The molecule has 0 saturated heterocycles. The molecule has 6 aromatic rings. The lowest BCUT2D eigenvalue weighted by Gasteiger charge is -2.05.